The Morgan fingerprint density at radius 2 is 2.16 bits per heavy atom. The molecule has 0 aliphatic carbocycles. The van der Waals surface area contributed by atoms with Gasteiger partial charge in [-0.2, -0.15) is 0 Å². The van der Waals surface area contributed by atoms with Gasteiger partial charge in [-0.15, -0.1) is 0 Å². The molecule has 0 bridgehead atoms. The molecule has 1 unspecified atom stereocenters. The minimum Gasteiger partial charge on any atom is -0.394 e. The first kappa shape index (κ1) is 14.5. The van der Waals surface area contributed by atoms with Crippen molar-refractivity contribution in [1.82, 2.24) is 0 Å². The molecule has 1 heterocycles. The van der Waals surface area contributed by atoms with Crippen LogP contribution >= 0.6 is 0 Å². The van der Waals surface area contributed by atoms with Crippen LogP contribution in [0, 0.1) is 0 Å². The standard InChI is InChI=1S/C15H22O4/c1-12(18-11-13-5-3-2-4-6-13)9-15-17-8-7-14(10-16)19-15/h2-6,12,14-16H,7-11H2,1H3/t12?,14-,15-/m0/s1. The predicted octanol–water partition coefficient (Wildman–Crippen LogP) is 2.11. The van der Waals surface area contributed by atoms with E-state index in [1.54, 1.807) is 0 Å². The average molecular weight is 266 g/mol. The number of aliphatic hydroxyl groups excluding tert-OH is 1. The van der Waals surface area contributed by atoms with Crippen molar-refractivity contribution < 1.29 is 19.3 Å². The van der Waals surface area contributed by atoms with Crippen molar-refractivity contribution in [3.8, 4) is 0 Å². The molecule has 1 aromatic carbocycles. The number of hydrogen-bond acceptors (Lipinski definition) is 4. The molecule has 0 spiro atoms. The van der Waals surface area contributed by atoms with E-state index in [0.717, 1.165) is 12.0 Å². The Hall–Kier alpha value is -0.940. The van der Waals surface area contributed by atoms with Crippen LogP contribution < -0.4 is 0 Å². The van der Waals surface area contributed by atoms with E-state index in [1.165, 1.54) is 0 Å². The first-order valence-electron chi connectivity index (χ1n) is 6.81. The Morgan fingerprint density at radius 1 is 1.37 bits per heavy atom. The Bertz CT molecular complexity index is 354. The Morgan fingerprint density at radius 3 is 2.89 bits per heavy atom. The summed E-state index contributed by atoms with van der Waals surface area (Å²) in [5.41, 5.74) is 1.16. The van der Waals surface area contributed by atoms with Gasteiger partial charge in [0, 0.05) is 6.42 Å². The van der Waals surface area contributed by atoms with E-state index in [9.17, 15) is 0 Å². The first-order chi connectivity index (χ1) is 9.28. The van der Waals surface area contributed by atoms with E-state index < -0.39 is 0 Å². The quantitative estimate of drug-likeness (QED) is 0.856. The molecule has 1 fully saturated rings. The van der Waals surface area contributed by atoms with E-state index in [-0.39, 0.29) is 25.1 Å². The predicted molar refractivity (Wildman–Crippen MR) is 71.6 cm³/mol. The van der Waals surface area contributed by atoms with Gasteiger partial charge in [0.25, 0.3) is 0 Å². The van der Waals surface area contributed by atoms with Gasteiger partial charge in [0.2, 0.25) is 0 Å². The lowest BCUT2D eigenvalue weighted by atomic mass is 10.2. The van der Waals surface area contributed by atoms with Gasteiger partial charge < -0.3 is 19.3 Å². The average Bonchev–Trinajstić information content (AvgIpc) is 2.46. The Kier molecular flexibility index (Phi) is 5.79. The normalized spacial score (nSPS) is 25.2. The van der Waals surface area contributed by atoms with Gasteiger partial charge in [-0.25, -0.2) is 0 Å². The number of rotatable bonds is 6. The number of ether oxygens (including phenoxy) is 3. The van der Waals surface area contributed by atoms with Crippen molar-refractivity contribution in [3.63, 3.8) is 0 Å². The summed E-state index contributed by atoms with van der Waals surface area (Å²) in [6.07, 6.45) is 1.13. The van der Waals surface area contributed by atoms with Gasteiger partial charge in [0.1, 0.15) is 0 Å². The molecule has 1 aliphatic heterocycles. The molecular formula is C15H22O4. The van der Waals surface area contributed by atoms with Crippen molar-refractivity contribution in [1.29, 1.82) is 0 Å². The molecule has 106 valence electrons. The molecule has 1 aliphatic rings. The highest BCUT2D eigenvalue weighted by Crippen LogP contribution is 2.17. The highest BCUT2D eigenvalue weighted by Gasteiger charge is 2.24. The maximum Gasteiger partial charge on any atom is 0.160 e. The van der Waals surface area contributed by atoms with Crippen LogP contribution in [0.4, 0.5) is 0 Å². The van der Waals surface area contributed by atoms with Crippen molar-refractivity contribution in [2.24, 2.45) is 0 Å². The summed E-state index contributed by atoms with van der Waals surface area (Å²) in [7, 11) is 0. The topological polar surface area (TPSA) is 47.9 Å². The minimum atomic E-state index is -0.267. The minimum absolute atomic E-state index is 0.0547. The van der Waals surface area contributed by atoms with Crippen LogP contribution in [0.1, 0.15) is 25.3 Å². The fourth-order valence-corrected chi connectivity index (χ4v) is 2.06. The van der Waals surface area contributed by atoms with Gasteiger partial charge >= 0.3 is 0 Å². The molecule has 19 heavy (non-hydrogen) atoms. The van der Waals surface area contributed by atoms with Crippen LogP contribution in [0.15, 0.2) is 30.3 Å². The van der Waals surface area contributed by atoms with Gasteiger partial charge in [-0.3, -0.25) is 0 Å². The van der Waals surface area contributed by atoms with Crippen molar-refractivity contribution in [3.05, 3.63) is 35.9 Å². The van der Waals surface area contributed by atoms with E-state index in [1.807, 2.05) is 37.3 Å². The molecule has 0 radical (unpaired) electrons. The third-order valence-corrected chi connectivity index (χ3v) is 3.19. The Labute approximate surface area is 114 Å². The van der Waals surface area contributed by atoms with E-state index in [0.29, 0.717) is 19.6 Å². The van der Waals surface area contributed by atoms with Crippen LogP contribution in [0.3, 0.4) is 0 Å². The van der Waals surface area contributed by atoms with Crippen LogP contribution in [-0.4, -0.2) is 36.8 Å². The van der Waals surface area contributed by atoms with Crippen LogP contribution in [0.25, 0.3) is 0 Å². The largest absolute Gasteiger partial charge is 0.394 e. The second-order valence-corrected chi connectivity index (χ2v) is 4.87. The van der Waals surface area contributed by atoms with Crippen molar-refractivity contribution >= 4 is 0 Å². The number of aliphatic hydroxyl groups is 1. The highest BCUT2D eigenvalue weighted by molar-refractivity contribution is 5.13. The lowest BCUT2D eigenvalue weighted by molar-refractivity contribution is -0.230. The summed E-state index contributed by atoms with van der Waals surface area (Å²) in [5, 5.41) is 9.08. The second kappa shape index (κ2) is 7.60. The molecule has 0 amide bonds. The number of benzene rings is 1. The monoisotopic (exact) mass is 266 g/mol. The van der Waals surface area contributed by atoms with Crippen LogP contribution in [0.2, 0.25) is 0 Å². The van der Waals surface area contributed by atoms with Gasteiger partial charge in [-0.05, 0) is 18.9 Å². The van der Waals surface area contributed by atoms with E-state index >= 15 is 0 Å². The molecule has 1 aromatic rings. The second-order valence-electron chi connectivity index (χ2n) is 4.87. The maximum absolute atomic E-state index is 9.08. The summed E-state index contributed by atoms with van der Waals surface area (Å²) in [6, 6.07) is 10.1. The summed E-state index contributed by atoms with van der Waals surface area (Å²) in [5.74, 6) is 0. The first-order valence-corrected chi connectivity index (χ1v) is 6.81. The highest BCUT2D eigenvalue weighted by atomic mass is 16.7. The third-order valence-electron chi connectivity index (χ3n) is 3.19. The molecule has 0 saturated carbocycles. The van der Waals surface area contributed by atoms with Crippen LogP contribution in [0.5, 0.6) is 0 Å². The molecular weight excluding hydrogens is 244 g/mol. The van der Waals surface area contributed by atoms with Crippen molar-refractivity contribution in [2.45, 2.75) is 44.9 Å². The molecule has 3 atom stereocenters. The zero-order valence-corrected chi connectivity index (χ0v) is 11.3. The zero-order valence-electron chi connectivity index (χ0n) is 11.3. The maximum atomic E-state index is 9.08. The fourth-order valence-electron chi connectivity index (χ4n) is 2.06. The summed E-state index contributed by atoms with van der Waals surface area (Å²) in [4.78, 5) is 0. The lowest BCUT2D eigenvalue weighted by Gasteiger charge is -2.30. The van der Waals surface area contributed by atoms with Crippen LogP contribution in [-0.2, 0) is 20.8 Å². The summed E-state index contributed by atoms with van der Waals surface area (Å²) < 4.78 is 16.9. The molecule has 2 rings (SSSR count). The SMILES string of the molecule is CC(C[C@H]1OCC[C@@H](CO)O1)OCc1ccccc1. The van der Waals surface area contributed by atoms with Crippen molar-refractivity contribution in [2.75, 3.05) is 13.2 Å². The van der Waals surface area contributed by atoms with Gasteiger partial charge in [0.05, 0.1) is 32.0 Å². The molecule has 4 nitrogen and oxygen atoms in total. The van der Waals surface area contributed by atoms with E-state index in [4.69, 9.17) is 19.3 Å². The number of hydrogen-bond donors (Lipinski definition) is 1. The zero-order chi connectivity index (χ0) is 13.5. The molecule has 1 saturated heterocycles. The fraction of sp³-hybridized carbons (Fsp3) is 0.600. The summed E-state index contributed by atoms with van der Waals surface area (Å²) in [6.45, 7) is 3.30. The smallest absolute Gasteiger partial charge is 0.160 e. The van der Waals surface area contributed by atoms with Gasteiger partial charge in [-0.1, -0.05) is 30.3 Å². The third kappa shape index (κ3) is 4.91. The lowest BCUT2D eigenvalue weighted by Crippen LogP contribution is -2.36. The molecule has 0 aromatic heterocycles. The molecule has 4 heteroatoms. The molecule has 1 N–H and O–H groups in total. The summed E-state index contributed by atoms with van der Waals surface area (Å²) >= 11 is 0. The van der Waals surface area contributed by atoms with E-state index in [2.05, 4.69) is 0 Å². The van der Waals surface area contributed by atoms with Gasteiger partial charge in [0.15, 0.2) is 6.29 Å². The Balaban J connectivity index is 1.70.